The molecule has 6 heteroatoms. The van der Waals surface area contributed by atoms with Crippen LogP contribution < -0.4 is 4.72 Å². The Morgan fingerprint density at radius 2 is 2.26 bits per heavy atom. The number of nitrogens with one attached hydrogen (secondary N) is 1. The highest BCUT2D eigenvalue weighted by atomic mass is 79.9. The molecular weight excluding hydrogens is 330 g/mol. The van der Waals surface area contributed by atoms with Gasteiger partial charge in [-0.05, 0) is 43.0 Å². The Labute approximate surface area is 122 Å². The van der Waals surface area contributed by atoms with Gasteiger partial charge in [-0.2, -0.15) is 0 Å². The lowest BCUT2D eigenvalue weighted by molar-refractivity contribution is 0.136. The number of aryl methyl sites for hydroxylation is 1. The van der Waals surface area contributed by atoms with Crippen molar-refractivity contribution in [2.45, 2.75) is 31.9 Å². The first-order chi connectivity index (χ1) is 8.91. The van der Waals surface area contributed by atoms with Crippen LogP contribution in [0.2, 0.25) is 0 Å². The first kappa shape index (κ1) is 15.0. The van der Waals surface area contributed by atoms with E-state index in [-0.39, 0.29) is 17.9 Å². The van der Waals surface area contributed by atoms with Gasteiger partial charge in [0.1, 0.15) is 0 Å². The fourth-order valence-corrected chi connectivity index (χ4v) is 4.29. The zero-order chi connectivity index (χ0) is 14.0. The molecule has 19 heavy (non-hydrogen) atoms. The number of fused-ring (bicyclic) bond motifs is 1. The topological polar surface area (TPSA) is 55.4 Å². The average molecular weight is 348 g/mol. The molecule has 1 N–H and O–H groups in total. The van der Waals surface area contributed by atoms with Gasteiger partial charge in [0.05, 0.1) is 11.9 Å². The molecule has 0 saturated carbocycles. The molecule has 0 amide bonds. The number of hydrogen-bond acceptors (Lipinski definition) is 3. The van der Waals surface area contributed by atoms with E-state index >= 15 is 0 Å². The summed E-state index contributed by atoms with van der Waals surface area (Å²) in [6, 6.07) is 5.88. The zero-order valence-electron chi connectivity index (χ0n) is 11.0. The van der Waals surface area contributed by atoms with E-state index in [2.05, 4.69) is 26.7 Å². The molecule has 0 radical (unpaired) electrons. The van der Waals surface area contributed by atoms with E-state index in [0.29, 0.717) is 0 Å². The molecule has 4 nitrogen and oxygen atoms in total. The van der Waals surface area contributed by atoms with Crippen molar-refractivity contribution < 1.29 is 13.2 Å². The number of sulfonamides is 1. The van der Waals surface area contributed by atoms with E-state index in [1.54, 1.807) is 6.92 Å². The summed E-state index contributed by atoms with van der Waals surface area (Å²) in [6.45, 7) is 1.75. The largest absolute Gasteiger partial charge is 0.381 e. The van der Waals surface area contributed by atoms with Crippen molar-refractivity contribution in [3.63, 3.8) is 0 Å². The Balaban J connectivity index is 2.11. The molecule has 0 spiro atoms. The minimum atomic E-state index is -3.32. The third-order valence-corrected chi connectivity index (χ3v) is 5.41. The molecule has 2 atom stereocenters. The third-order valence-electron chi connectivity index (χ3n) is 3.36. The van der Waals surface area contributed by atoms with Gasteiger partial charge in [-0.1, -0.05) is 22.0 Å². The molecule has 0 heterocycles. The second kappa shape index (κ2) is 5.91. The monoisotopic (exact) mass is 347 g/mol. The molecule has 1 aromatic carbocycles. The Morgan fingerprint density at radius 1 is 1.53 bits per heavy atom. The summed E-state index contributed by atoms with van der Waals surface area (Å²) in [7, 11) is -1.80. The van der Waals surface area contributed by atoms with Crippen molar-refractivity contribution in [1.29, 1.82) is 0 Å². The number of hydrogen-bond donors (Lipinski definition) is 1. The average Bonchev–Trinajstić information content (AvgIpc) is 2.70. The highest BCUT2D eigenvalue weighted by Gasteiger charge is 2.27. The minimum Gasteiger partial charge on any atom is -0.381 e. The summed E-state index contributed by atoms with van der Waals surface area (Å²) >= 11 is 3.43. The van der Waals surface area contributed by atoms with Crippen LogP contribution in [0.25, 0.3) is 0 Å². The quantitative estimate of drug-likeness (QED) is 0.889. The SMILES string of the molecule is CO[C@H](C)CS(=O)(=O)N[C@@H]1CCc2cc(Br)ccc21. The molecule has 0 aliphatic heterocycles. The van der Waals surface area contributed by atoms with Gasteiger partial charge < -0.3 is 4.74 Å². The summed E-state index contributed by atoms with van der Waals surface area (Å²) < 4.78 is 32.9. The van der Waals surface area contributed by atoms with Gasteiger partial charge in [0.25, 0.3) is 0 Å². The van der Waals surface area contributed by atoms with Crippen molar-refractivity contribution in [3.05, 3.63) is 33.8 Å². The van der Waals surface area contributed by atoms with Crippen molar-refractivity contribution in [2.24, 2.45) is 0 Å². The van der Waals surface area contributed by atoms with Crippen LogP contribution in [0.5, 0.6) is 0 Å². The molecular formula is C13H18BrNO3S. The first-order valence-corrected chi connectivity index (χ1v) is 8.67. The number of ether oxygens (including phenoxy) is 1. The predicted molar refractivity (Wildman–Crippen MR) is 78.6 cm³/mol. The lowest BCUT2D eigenvalue weighted by Gasteiger charge is -2.16. The summed E-state index contributed by atoms with van der Waals surface area (Å²) in [4.78, 5) is 0. The van der Waals surface area contributed by atoms with Crippen molar-refractivity contribution in [1.82, 2.24) is 4.72 Å². The minimum absolute atomic E-state index is 0.00807. The highest BCUT2D eigenvalue weighted by Crippen LogP contribution is 2.33. The molecule has 0 saturated heterocycles. The van der Waals surface area contributed by atoms with Gasteiger partial charge in [-0.25, -0.2) is 13.1 Å². The van der Waals surface area contributed by atoms with E-state index in [0.717, 1.165) is 22.9 Å². The third kappa shape index (κ3) is 3.78. The van der Waals surface area contributed by atoms with Crippen LogP contribution in [-0.4, -0.2) is 27.4 Å². The molecule has 1 aliphatic carbocycles. The van der Waals surface area contributed by atoms with E-state index < -0.39 is 10.0 Å². The Hall–Kier alpha value is -0.430. The van der Waals surface area contributed by atoms with E-state index in [1.807, 2.05) is 12.1 Å². The molecule has 2 rings (SSSR count). The Kier molecular flexibility index (Phi) is 4.66. The second-order valence-electron chi connectivity index (χ2n) is 4.88. The van der Waals surface area contributed by atoms with E-state index in [9.17, 15) is 8.42 Å². The molecule has 1 aliphatic rings. The van der Waals surface area contributed by atoms with Gasteiger partial charge in [-0.3, -0.25) is 0 Å². The maximum atomic E-state index is 12.0. The standard InChI is InChI=1S/C13H18BrNO3S/c1-9(18-2)8-19(16,17)15-13-6-3-10-7-11(14)4-5-12(10)13/h4-5,7,9,13,15H,3,6,8H2,1-2H3/t9-,13-/m1/s1. The van der Waals surface area contributed by atoms with Gasteiger partial charge >= 0.3 is 0 Å². The van der Waals surface area contributed by atoms with Gasteiger partial charge in [0.15, 0.2) is 0 Å². The fourth-order valence-electron chi connectivity index (χ4n) is 2.35. The van der Waals surface area contributed by atoms with Crippen LogP contribution in [0.4, 0.5) is 0 Å². The van der Waals surface area contributed by atoms with Crippen LogP contribution in [0, 0.1) is 0 Å². The zero-order valence-corrected chi connectivity index (χ0v) is 13.4. The van der Waals surface area contributed by atoms with Gasteiger partial charge in [-0.15, -0.1) is 0 Å². The van der Waals surface area contributed by atoms with Crippen molar-refractivity contribution >= 4 is 26.0 Å². The summed E-state index contributed by atoms with van der Waals surface area (Å²) in [5, 5.41) is 0. The lowest BCUT2D eigenvalue weighted by atomic mass is 10.1. The van der Waals surface area contributed by atoms with Crippen molar-refractivity contribution in [3.8, 4) is 0 Å². The summed E-state index contributed by atoms with van der Waals surface area (Å²) in [5.41, 5.74) is 2.29. The lowest BCUT2D eigenvalue weighted by Crippen LogP contribution is -2.33. The predicted octanol–water partition coefficient (Wildman–Crippen LogP) is 2.39. The number of benzene rings is 1. The molecule has 1 aromatic rings. The fraction of sp³-hybridized carbons (Fsp3) is 0.538. The molecule has 0 aromatic heterocycles. The van der Waals surface area contributed by atoms with Gasteiger partial charge in [0.2, 0.25) is 10.0 Å². The highest BCUT2D eigenvalue weighted by molar-refractivity contribution is 9.10. The molecule has 0 fully saturated rings. The summed E-state index contributed by atoms with van der Waals surface area (Å²) in [6.07, 6.45) is 1.41. The van der Waals surface area contributed by atoms with Gasteiger partial charge in [0, 0.05) is 17.6 Å². The van der Waals surface area contributed by atoms with E-state index in [1.165, 1.54) is 12.7 Å². The van der Waals surface area contributed by atoms with Crippen LogP contribution in [0.15, 0.2) is 22.7 Å². The number of halogens is 1. The molecule has 0 unspecified atom stereocenters. The van der Waals surface area contributed by atoms with E-state index in [4.69, 9.17) is 4.74 Å². The van der Waals surface area contributed by atoms with Crippen LogP contribution in [0.3, 0.4) is 0 Å². The van der Waals surface area contributed by atoms with Crippen molar-refractivity contribution in [2.75, 3.05) is 12.9 Å². The second-order valence-corrected chi connectivity index (χ2v) is 7.59. The first-order valence-electron chi connectivity index (χ1n) is 6.22. The number of rotatable bonds is 5. The Bertz CT molecular complexity index is 559. The maximum absolute atomic E-state index is 12.0. The smallest absolute Gasteiger partial charge is 0.214 e. The summed E-state index contributed by atoms with van der Waals surface area (Å²) in [5.74, 6) is -0.00807. The Morgan fingerprint density at radius 3 is 2.95 bits per heavy atom. The normalized spacial score (nSPS) is 20.3. The number of methoxy groups -OCH3 is 1. The van der Waals surface area contributed by atoms with Crippen LogP contribution in [0.1, 0.15) is 30.5 Å². The maximum Gasteiger partial charge on any atom is 0.214 e. The van der Waals surface area contributed by atoms with Crippen LogP contribution in [-0.2, 0) is 21.2 Å². The van der Waals surface area contributed by atoms with Crippen LogP contribution >= 0.6 is 15.9 Å². The molecule has 0 bridgehead atoms. The molecule has 106 valence electrons.